The van der Waals surface area contributed by atoms with Gasteiger partial charge in [0.25, 0.3) is 5.79 Å². The fraction of sp³-hybridized carbons (Fsp3) is 1.00. The highest BCUT2D eigenvalue weighted by molar-refractivity contribution is 5.06. The van der Waals surface area contributed by atoms with Crippen molar-refractivity contribution in [3.63, 3.8) is 0 Å². The molecule has 0 unspecified atom stereocenters. The predicted octanol–water partition coefficient (Wildman–Crippen LogP) is 5.62. The van der Waals surface area contributed by atoms with E-state index < -0.39 is 23.3 Å². The van der Waals surface area contributed by atoms with Gasteiger partial charge in [0.1, 0.15) is 0 Å². The van der Waals surface area contributed by atoms with Crippen LogP contribution in [0.2, 0.25) is 0 Å². The highest BCUT2D eigenvalue weighted by Gasteiger charge is 2.79. The van der Waals surface area contributed by atoms with Gasteiger partial charge in [0, 0.05) is 59.3 Å². The maximum atomic E-state index is 12.1. The van der Waals surface area contributed by atoms with E-state index in [-0.39, 0.29) is 39.6 Å². The van der Waals surface area contributed by atoms with Gasteiger partial charge in [0.2, 0.25) is 5.79 Å². The van der Waals surface area contributed by atoms with Gasteiger partial charge in [-0.2, -0.15) is 0 Å². The smallest absolute Gasteiger partial charge is 0.344 e. The first kappa shape index (κ1) is 36.6. The van der Waals surface area contributed by atoms with E-state index in [4.69, 9.17) is 37.9 Å². The molecule has 224 valence electrons. The van der Waals surface area contributed by atoms with Gasteiger partial charge in [-0.05, 0) is 66.7 Å². The fourth-order valence-electron chi connectivity index (χ4n) is 4.58. The normalized spacial score (nSPS) is 13.6. The summed E-state index contributed by atoms with van der Waals surface area (Å²) in [4.78, 5) is 0. The first-order valence-electron chi connectivity index (χ1n) is 14.5. The molecule has 0 heterocycles. The van der Waals surface area contributed by atoms with Crippen LogP contribution in [0, 0.1) is 5.92 Å². The van der Waals surface area contributed by atoms with Crippen LogP contribution in [0.25, 0.3) is 0 Å². The van der Waals surface area contributed by atoms with E-state index in [1.807, 2.05) is 27.7 Å². The van der Waals surface area contributed by atoms with E-state index in [0.29, 0.717) is 25.6 Å². The molecule has 0 radical (unpaired) electrons. The molecule has 0 saturated carbocycles. The maximum absolute atomic E-state index is 12.1. The maximum Gasteiger partial charge on any atom is 0.344 e. The van der Waals surface area contributed by atoms with E-state index in [9.17, 15) is 5.11 Å². The Morgan fingerprint density at radius 3 is 1.24 bits per heavy atom. The third-order valence-electron chi connectivity index (χ3n) is 5.79. The summed E-state index contributed by atoms with van der Waals surface area (Å²) in [6.07, 6.45) is 3.54. The average molecular weight is 539 g/mol. The number of ether oxygens (including phenoxy) is 8. The van der Waals surface area contributed by atoms with Crippen LogP contribution < -0.4 is 0 Å². The molecule has 0 bridgehead atoms. The summed E-state index contributed by atoms with van der Waals surface area (Å²) in [6, 6.07) is 0. The van der Waals surface area contributed by atoms with E-state index in [1.165, 1.54) is 0 Å². The molecule has 0 aliphatic rings. The summed E-state index contributed by atoms with van der Waals surface area (Å²) < 4.78 is 50.9. The second-order valence-electron chi connectivity index (χ2n) is 9.15. The van der Waals surface area contributed by atoms with Crippen LogP contribution in [-0.4, -0.2) is 81.3 Å². The number of rotatable bonds is 25. The van der Waals surface area contributed by atoms with Crippen molar-refractivity contribution in [2.24, 2.45) is 5.92 Å². The summed E-state index contributed by atoms with van der Waals surface area (Å²) in [5, 5.41) is 12.1. The minimum atomic E-state index is -2.42. The summed E-state index contributed by atoms with van der Waals surface area (Å²) >= 11 is 0. The Balaban J connectivity index is 7.72. The largest absolute Gasteiger partial charge is 0.345 e. The van der Waals surface area contributed by atoms with E-state index >= 15 is 0 Å². The fourth-order valence-corrected chi connectivity index (χ4v) is 4.58. The third kappa shape index (κ3) is 8.82. The van der Waals surface area contributed by atoms with Crippen LogP contribution in [0.5, 0.6) is 0 Å². The van der Waals surface area contributed by atoms with Gasteiger partial charge in [-0.25, -0.2) is 0 Å². The van der Waals surface area contributed by atoms with Crippen molar-refractivity contribution in [1.82, 2.24) is 0 Å². The van der Waals surface area contributed by atoms with Crippen molar-refractivity contribution in [2.75, 3.05) is 52.9 Å². The number of hydrogen-bond acceptors (Lipinski definition) is 9. The summed E-state index contributed by atoms with van der Waals surface area (Å²) in [5.74, 6) is -7.54. The van der Waals surface area contributed by atoms with Crippen LogP contribution in [0.4, 0.5) is 0 Å². The molecule has 0 aliphatic carbocycles. The lowest BCUT2D eigenvalue weighted by Crippen LogP contribution is -2.81. The van der Waals surface area contributed by atoms with Crippen LogP contribution in [0.1, 0.15) is 101 Å². The monoisotopic (exact) mass is 538 g/mol. The van der Waals surface area contributed by atoms with E-state index in [0.717, 1.165) is 25.7 Å². The Kier molecular flexibility index (Phi) is 18.7. The zero-order chi connectivity index (χ0) is 28.4. The van der Waals surface area contributed by atoms with Crippen molar-refractivity contribution in [3.8, 4) is 0 Å². The Morgan fingerprint density at radius 1 is 0.541 bits per heavy atom. The topological polar surface area (TPSA) is 94.1 Å². The second-order valence-corrected chi connectivity index (χ2v) is 9.15. The van der Waals surface area contributed by atoms with Crippen molar-refractivity contribution >= 4 is 0 Å². The van der Waals surface area contributed by atoms with Crippen molar-refractivity contribution in [3.05, 3.63) is 0 Å². The first-order chi connectivity index (χ1) is 17.7. The zero-order valence-electron chi connectivity index (χ0n) is 25.5. The summed E-state index contributed by atoms with van der Waals surface area (Å²) in [6.45, 7) is 20.8. The Labute approximate surface area is 226 Å². The average Bonchev–Trinajstić information content (AvgIpc) is 2.85. The van der Waals surface area contributed by atoms with Crippen LogP contribution in [0.15, 0.2) is 0 Å². The lowest BCUT2D eigenvalue weighted by Gasteiger charge is -2.58. The van der Waals surface area contributed by atoms with E-state index in [1.54, 1.807) is 27.7 Å². The summed E-state index contributed by atoms with van der Waals surface area (Å²) in [5.41, 5.74) is 0. The molecule has 0 aromatic rings. The van der Waals surface area contributed by atoms with Gasteiger partial charge in [0.15, 0.2) is 0 Å². The molecule has 1 N–H and O–H groups in total. The molecular formula is C28H58O9. The zero-order valence-corrected chi connectivity index (χ0v) is 25.5. The molecule has 9 heteroatoms. The van der Waals surface area contributed by atoms with Gasteiger partial charge in [-0.3, -0.25) is 0 Å². The molecule has 9 nitrogen and oxygen atoms in total. The SMILES string of the molecule is CCCOC(CCCC(C)C)(OCCC)C(OCC)(OCC)C(OCC)(OCC)C(O)(OCC)OCC. The molecule has 0 aliphatic heterocycles. The van der Waals surface area contributed by atoms with Crippen LogP contribution in [0.3, 0.4) is 0 Å². The molecule has 37 heavy (non-hydrogen) atoms. The molecule has 0 atom stereocenters. The van der Waals surface area contributed by atoms with Crippen LogP contribution >= 0.6 is 0 Å². The molecule has 0 aromatic carbocycles. The molecule has 0 rings (SSSR count). The first-order valence-corrected chi connectivity index (χ1v) is 14.5. The quantitative estimate of drug-likeness (QED) is 0.149. The lowest BCUT2D eigenvalue weighted by atomic mass is 9.87. The van der Waals surface area contributed by atoms with E-state index in [2.05, 4.69) is 13.8 Å². The lowest BCUT2D eigenvalue weighted by molar-refractivity contribution is -0.578. The Hall–Kier alpha value is -0.360. The second kappa shape index (κ2) is 18.8. The number of hydrogen-bond donors (Lipinski definition) is 1. The Morgan fingerprint density at radius 2 is 0.919 bits per heavy atom. The highest BCUT2D eigenvalue weighted by Crippen LogP contribution is 2.52. The molecule has 0 aromatic heterocycles. The minimum Gasteiger partial charge on any atom is -0.345 e. The molecule has 0 amide bonds. The minimum absolute atomic E-state index is 0.110. The molecule has 0 saturated heterocycles. The summed E-state index contributed by atoms with van der Waals surface area (Å²) in [7, 11) is 0. The van der Waals surface area contributed by atoms with Crippen molar-refractivity contribution < 1.29 is 43.0 Å². The van der Waals surface area contributed by atoms with Gasteiger partial charge in [0.05, 0.1) is 0 Å². The molecule has 0 spiro atoms. The number of aliphatic hydroxyl groups is 1. The molecular weight excluding hydrogens is 480 g/mol. The molecule has 0 fully saturated rings. The third-order valence-corrected chi connectivity index (χ3v) is 5.79. The van der Waals surface area contributed by atoms with Gasteiger partial charge in [-0.1, -0.05) is 34.1 Å². The van der Waals surface area contributed by atoms with Crippen molar-refractivity contribution in [1.29, 1.82) is 0 Å². The van der Waals surface area contributed by atoms with Gasteiger partial charge in [-0.15, -0.1) is 0 Å². The predicted molar refractivity (Wildman–Crippen MR) is 144 cm³/mol. The van der Waals surface area contributed by atoms with Gasteiger partial charge < -0.3 is 43.0 Å². The van der Waals surface area contributed by atoms with Crippen LogP contribution in [-0.2, 0) is 37.9 Å². The standard InChI is InChI=1S/C28H58O9/c1-11-22-36-25(37-23-12-2,21-19-20-24(9)10)26(30-13-3,31-14-4)27(32-15-5,33-16-6)28(29,34-17-7)35-18-8/h24,29H,11-23H2,1-10H3. The van der Waals surface area contributed by atoms with Crippen molar-refractivity contribution in [2.45, 2.75) is 125 Å². The highest BCUT2D eigenvalue weighted by atomic mass is 16.9. The van der Waals surface area contributed by atoms with Gasteiger partial charge >= 0.3 is 11.8 Å². The Bertz CT molecular complexity index is 530.